The minimum absolute atomic E-state index is 0.252. The van der Waals surface area contributed by atoms with E-state index in [1.165, 1.54) is 6.20 Å². The highest BCUT2D eigenvalue weighted by Gasteiger charge is 2.13. The van der Waals surface area contributed by atoms with Crippen molar-refractivity contribution in [2.45, 2.75) is 6.92 Å². The SMILES string of the molecule is Cc1cc2c(N)c(C(=O)NN)cnc2cc1Cl. The molecule has 0 aliphatic rings. The maximum atomic E-state index is 11.4. The quantitative estimate of drug-likeness (QED) is 0.405. The first-order valence-electron chi connectivity index (χ1n) is 4.90. The van der Waals surface area contributed by atoms with Crippen molar-refractivity contribution in [1.82, 2.24) is 10.4 Å². The molecule has 0 aliphatic heterocycles. The first kappa shape index (κ1) is 11.6. The van der Waals surface area contributed by atoms with Crippen molar-refractivity contribution in [3.05, 3.63) is 34.5 Å². The predicted molar refractivity (Wildman–Crippen MR) is 67.6 cm³/mol. The van der Waals surface area contributed by atoms with Crippen LogP contribution in [0.15, 0.2) is 18.3 Å². The molecule has 6 heteroatoms. The second-order valence-corrected chi connectivity index (χ2v) is 4.08. The highest BCUT2D eigenvalue weighted by atomic mass is 35.5. The lowest BCUT2D eigenvalue weighted by Gasteiger charge is -2.08. The summed E-state index contributed by atoms with van der Waals surface area (Å²) in [5.74, 6) is 4.60. The number of aromatic nitrogens is 1. The molecule has 1 aromatic carbocycles. The van der Waals surface area contributed by atoms with Crippen molar-refractivity contribution in [3.63, 3.8) is 0 Å². The first-order valence-corrected chi connectivity index (χ1v) is 5.27. The summed E-state index contributed by atoms with van der Waals surface area (Å²) in [5, 5.41) is 1.30. The highest BCUT2D eigenvalue weighted by molar-refractivity contribution is 6.32. The minimum Gasteiger partial charge on any atom is -0.397 e. The number of carbonyl (C=O) groups excluding carboxylic acids is 1. The van der Waals surface area contributed by atoms with E-state index in [4.69, 9.17) is 23.2 Å². The van der Waals surface area contributed by atoms with Gasteiger partial charge in [-0.1, -0.05) is 11.6 Å². The number of carbonyl (C=O) groups is 1. The summed E-state index contributed by atoms with van der Waals surface area (Å²) < 4.78 is 0. The van der Waals surface area contributed by atoms with Crippen LogP contribution >= 0.6 is 11.6 Å². The zero-order chi connectivity index (χ0) is 12.6. The van der Waals surface area contributed by atoms with Gasteiger partial charge in [0.25, 0.3) is 5.91 Å². The molecule has 0 saturated carbocycles. The molecule has 0 spiro atoms. The lowest BCUT2D eigenvalue weighted by molar-refractivity contribution is 0.0954. The van der Waals surface area contributed by atoms with Gasteiger partial charge in [-0.05, 0) is 24.6 Å². The smallest absolute Gasteiger partial charge is 0.268 e. The van der Waals surface area contributed by atoms with Gasteiger partial charge in [0.1, 0.15) is 0 Å². The first-order chi connectivity index (χ1) is 8.04. The third-order valence-electron chi connectivity index (χ3n) is 2.57. The number of pyridine rings is 1. The largest absolute Gasteiger partial charge is 0.397 e. The molecule has 1 aromatic heterocycles. The van der Waals surface area contributed by atoms with Gasteiger partial charge in [-0.3, -0.25) is 15.2 Å². The number of halogens is 1. The summed E-state index contributed by atoms with van der Waals surface area (Å²) in [5.41, 5.74) is 10.1. The Balaban J connectivity index is 2.75. The Kier molecular flexibility index (Phi) is 2.87. The number of nitrogens with zero attached hydrogens (tertiary/aromatic N) is 1. The van der Waals surface area contributed by atoms with Crippen LogP contribution < -0.4 is 17.0 Å². The van der Waals surface area contributed by atoms with Crippen LogP contribution in [0.2, 0.25) is 5.02 Å². The van der Waals surface area contributed by atoms with Crippen LogP contribution in [-0.4, -0.2) is 10.9 Å². The van der Waals surface area contributed by atoms with Crippen LogP contribution in [0.1, 0.15) is 15.9 Å². The molecule has 2 aromatic rings. The van der Waals surface area contributed by atoms with Crippen molar-refractivity contribution in [3.8, 4) is 0 Å². The minimum atomic E-state index is -0.468. The molecule has 0 bridgehead atoms. The Labute approximate surface area is 103 Å². The van der Waals surface area contributed by atoms with E-state index < -0.39 is 5.91 Å². The van der Waals surface area contributed by atoms with Gasteiger partial charge in [0.2, 0.25) is 0 Å². The van der Waals surface area contributed by atoms with Crippen LogP contribution in [-0.2, 0) is 0 Å². The normalized spacial score (nSPS) is 10.5. The molecule has 17 heavy (non-hydrogen) atoms. The average Bonchev–Trinajstić information content (AvgIpc) is 2.31. The van der Waals surface area contributed by atoms with Gasteiger partial charge in [0.05, 0.1) is 16.8 Å². The molecule has 0 atom stereocenters. The van der Waals surface area contributed by atoms with Gasteiger partial charge in [-0.25, -0.2) is 5.84 Å². The number of aryl methyl sites for hydroxylation is 1. The number of hydrogen-bond donors (Lipinski definition) is 3. The number of nitrogens with two attached hydrogens (primary N) is 2. The van der Waals surface area contributed by atoms with E-state index in [-0.39, 0.29) is 5.56 Å². The number of hydrogen-bond acceptors (Lipinski definition) is 4. The summed E-state index contributed by atoms with van der Waals surface area (Å²) in [6, 6.07) is 3.51. The van der Waals surface area contributed by atoms with E-state index in [0.717, 1.165) is 5.56 Å². The highest BCUT2D eigenvalue weighted by Crippen LogP contribution is 2.27. The number of anilines is 1. The van der Waals surface area contributed by atoms with Crippen LogP contribution in [0, 0.1) is 6.92 Å². The second-order valence-electron chi connectivity index (χ2n) is 3.68. The van der Waals surface area contributed by atoms with Crippen LogP contribution in [0.4, 0.5) is 5.69 Å². The Hall–Kier alpha value is -1.85. The van der Waals surface area contributed by atoms with Crippen molar-refractivity contribution >= 4 is 34.1 Å². The molecule has 5 N–H and O–H groups in total. The zero-order valence-corrected chi connectivity index (χ0v) is 9.88. The van der Waals surface area contributed by atoms with Crippen molar-refractivity contribution < 1.29 is 4.79 Å². The number of benzene rings is 1. The Morgan fingerprint density at radius 2 is 2.18 bits per heavy atom. The molecular weight excluding hydrogens is 240 g/mol. The van der Waals surface area contributed by atoms with Crippen LogP contribution in [0.3, 0.4) is 0 Å². The third kappa shape index (κ3) is 1.90. The molecule has 0 saturated heterocycles. The third-order valence-corrected chi connectivity index (χ3v) is 2.97. The zero-order valence-electron chi connectivity index (χ0n) is 9.12. The maximum absolute atomic E-state index is 11.4. The molecule has 0 aliphatic carbocycles. The molecule has 1 amide bonds. The Morgan fingerprint density at radius 3 is 2.82 bits per heavy atom. The fourth-order valence-electron chi connectivity index (χ4n) is 1.60. The molecule has 0 unspecified atom stereocenters. The van der Waals surface area contributed by atoms with E-state index >= 15 is 0 Å². The molecule has 88 valence electrons. The van der Waals surface area contributed by atoms with E-state index in [9.17, 15) is 4.79 Å². The molecule has 2 rings (SSSR count). The number of hydrazine groups is 1. The molecular formula is C11H11ClN4O. The summed E-state index contributed by atoms with van der Waals surface area (Å²) in [6.45, 7) is 1.86. The molecule has 1 heterocycles. The summed E-state index contributed by atoms with van der Waals surface area (Å²) in [4.78, 5) is 15.6. The lowest BCUT2D eigenvalue weighted by Crippen LogP contribution is -2.30. The number of nitrogen functional groups attached to an aromatic ring is 2. The van der Waals surface area contributed by atoms with Crippen molar-refractivity contribution in [2.75, 3.05) is 5.73 Å². The monoisotopic (exact) mass is 250 g/mol. The predicted octanol–water partition coefficient (Wildman–Crippen LogP) is 1.38. The lowest BCUT2D eigenvalue weighted by atomic mass is 10.1. The van der Waals surface area contributed by atoms with Gasteiger partial charge in [-0.2, -0.15) is 0 Å². The summed E-state index contributed by atoms with van der Waals surface area (Å²) in [6.07, 6.45) is 1.38. The van der Waals surface area contributed by atoms with E-state index in [1.54, 1.807) is 12.1 Å². The molecule has 0 radical (unpaired) electrons. The summed E-state index contributed by atoms with van der Waals surface area (Å²) in [7, 11) is 0. The number of fused-ring (bicyclic) bond motifs is 1. The van der Waals surface area contributed by atoms with E-state index in [1.807, 2.05) is 12.3 Å². The maximum Gasteiger partial charge on any atom is 0.268 e. The Morgan fingerprint density at radius 1 is 1.47 bits per heavy atom. The number of amides is 1. The fourth-order valence-corrected chi connectivity index (χ4v) is 1.76. The van der Waals surface area contributed by atoms with Crippen molar-refractivity contribution in [1.29, 1.82) is 0 Å². The van der Waals surface area contributed by atoms with Gasteiger partial charge in [0.15, 0.2) is 0 Å². The van der Waals surface area contributed by atoms with Crippen LogP contribution in [0.5, 0.6) is 0 Å². The van der Waals surface area contributed by atoms with Gasteiger partial charge in [0, 0.05) is 16.6 Å². The van der Waals surface area contributed by atoms with Crippen LogP contribution in [0.25, 0.3) is 10.9 Å². The number of rotatable bonds is 1. The second kappa shape index (κ2) is 4.20. The average molecular weight is 251 g/mol. The topological polar surface area (TPSA) is 94.0 Å². The summed E-state index contributed by atoms with van der Waals surface area (Å²) >= 11 is 5.99. The molecule has 5 nitrogen and oxygen atoms in total. The fraction of sp³-hybridized carbons (Fsp3) is 0.0909. The molecule has 0 fully saturated rings. The van der Waals surface area contributed by atoms with Gasteiger partial charge in [-0.15, -0.1) is 0 Å². The Bertz CT molecular complexity index is 612. The van der Waals surface area contributed by atoms with E-state index in [0.29, 0.717) is 21.6 Å². The van der Waals surface area contributed by atoms with E-state index in [2.05, 4.69) is 4.98 Å². The van der Waals surface area contributed by atoms with Crippen molar-refractivity contribution in [2.24, 2.45) is 5.84 Å². The standard InChI is InChI=1S/C11H11ClN4O/c1-5-2-6-9(3-8(5)12)15-4-7(10(6)13)11(17)16-14/h2-4H,14H2,1H3,(H2,13,15)(H,16,17). The van der Waals surface area contributed by atoms with Gasteiger partial charge >= 0.3 is 0 Å². The number of nitrogens with one attached hydrogen (secondary N) is 1. The van der Waals surface area contributed by atoms with Gasteiger partial charge < -0.3 is 5.73 Å².